The van der Waals surface area contributed by atoms with Crippen LogP contribution in [0.25, 0.3) is 27.6 Å². The normalized spacial score (nSPS) is 11.2. The molecule has 4 aromatic heterocycles. The number of fused-ring (bicyclic) bond motifs is 3. The minimum atomic E-state index is 0.728. The molecule has 0 bridgehead atoms. The van der Waals surface area contributed by atoms with Crippen LogP contribution in [0.5, 0.6) is 0 Å². The molecule has 0 atom stereocenters. The zero-order valence-corrected chi connectivity index (χ0v) is 14.0. The Morgan fingerprint density at radius 1 is 0.808 bits per heavy atom. The van der Waals surface area contributed by atoms with Gasteiger partial charge in [-0.25, -0.2) is 9.55 Å². The van der Waals surface area contributed by atoms with Gasteiger partial charge < -0.3 is 0 Å². The topological polar surface area (TPSA) is 47.5 Å². The lowest BCUT2D eigenvalue weighted by molar-refractivity contribution is -0.688. The van der Waals surface area contributed by atoms with Crippen LogP contribution in [0.1, 0.15) is 5.69 Å². The van der Waals surface area contributed by atoms with Gasteiger partial charge in [0.25, 0.3) is 6.33 Å². The van der Waals surface area contributed by atoms with Crippen molar-refractivity contribution in [2.24, 2.45) is 0 Å². The van der Waals surface area contributed by atoms with Crippen molar-refractivity contribution >= 4 is 21.8 Å². The molecule has 0 saturated carbocycles. The van der Waals surface area contributed by atoms with Crippen molar-refractivity contribution in [3.05, 3.63) is 91.4 Å². The van der Waals surface area contributed by atoms with E-state index in [2.05, 4.69) is 38.8 Å². The Balaban J connectivity index is 1.56. The summed E-state index contributed by atoms with van der Waals surface area (Å²) in [4.78, 5) is 13.8. The van der Waals surface area contributed by atoms with Crippen molar-refractivity contribution in [1.82, 2.24) is 19.5 Å². The Labute approximate surface area is 150 Å². The number of aromatic nitrogens is 5. The predicted molar refractivity (Wildman–Crippen MR) is 99.9 cm³/mol. The summed E-state index contributed by atoms with van der Waals surface area (Å²) in [6.45, 7) is 0.728. The second-order valence-corrected chi connectivity index (χ2v) is 6.20. The standard InChI is InChI=1S/C21H16N5/c1-2-10-22-18(5-1)14-25-12-13-26(15-25)19-9-8-17-7-6-16-4-3-11-23-20(16)21(17)24-19/h1-13,15H,14H2/q+1. The molecule has 0 N–H and O–H groups in total. The van der Waals surface area contributed by atoms with E-state index in [1.165, 1.54) is 0 Å². The summed E-state index contributed by atoms with van der Waals surface area (Å²) in [6.07, 6.45) is 9.70. The van der Waals surface area contributed by atoms with Crippen molar-refractivity contribution in [3.8, 4) is 5.82 Å². The van der Waals surface area contributed by atoms with Gasteiger partial charge in [0.1, 0.15) is 24.5 Å². The Morgan fingerprint density at radius 2 is 1.65 bits per heavy atom. The average molecular weight is 338 g/mol. The number of benzene rings is 1. The lowest BCUT2D eigenvalue weighted by atomic mass is 10.1. The largest absolute Gasteiger partial charge is 0.257 e. The van der Waals surface area contributed by atoms with E-state index in [9.17, 15) is 0 Å². The Hall–Kier alpha value is -3.60. The van der Waals surface area contributed by atoms with E-state index in [0.29, 0.717) is 0 Å². The van der Waals surface area contributed by atoms with Crippen molar-refractivity contribution in [2.75, 3.05) is 0 Å². The molecule has 0 radical (unpaired) electrons. The third kappa shape index (κ3) is 2.59. The molecule has 124 valence electrons. The molecular weight excluding hydrogens is 322 g/mol. The second kappa shape index (κ2) is 6.04. The van der Waals surface area contributed by atoms with Gasteiger partial charge in [-0.15, -0.1) is 0 Å². The number of hydrogen-bond acceptors (Lipinski definition) is 3. The van der Waals surface area contributed by atoms with E-state index in [-0.39, 0.29) is 0 Å². The van der Waals surface area contributed by atoms with E-state index in [1.54, 1.807) is 0 Å². The molecule has 0 spiro atoms. The first-order valence-electron chi connectivity index (χ1n) is 8.49. The predicted octanol–water partition coefficient (Wildman–Crippen LogP) is 3.30. The van der Waals surface area contributed by atoms with Crippen LogP contribution in [0.15, 0.2) is 85.7 Å². The molecule has 0 fully saturated rings. The minimum absolute atomic E-state index is 0.728. The van der Waals surface area contributed by atoms with Gasteiger partial charge in [-0.1, -0.05) is 24.3 Å². The molecular formula is C21H16N5+. The molecule has 5 nitrogen and oxygen atoms in total. The van der Waals surface area contributed by atoms with Crippen LogP contribution in [0.4, 0.5) is 0 Å². The smallest absolute Gasteiger partial charge is 0.250 e. The SMILES string of the molecule is c1ccc(C[n+]2ccn(-c3ccc4ccc5cccnc5c4n3)c2)nc1. The van der Waals surface area contributed by atoms with Gasteiger partial charge in [0.05, 0.1) is 11.2 Å². The van der Waals surface area contributed by atoms with E-state index in [0.717, 1.165) is 39.9 Å². The van der Waals surface area contributed by atoms with Crippen LogP contribution in [-0.4, -0.2) is 19.5 Å². The lowest BCUT2D eigenvalue weighted by Crippen LogP contribution is -2.32. The van der Waals surface area contributed by atoms with Crippen molar-refractivity contribution in [1.29, 1.82) is 0 Å². The molecule has 0 aliphatic carbocycles. The fraction of sp³-hybridized carbons (Fsp3) is 0.0476. The molecule has 4 heterocycles. The average Bonchev–Trinajstić information content (AvgIpc) is 3.17. The summed E-state index contributed by atoms with van der Waals surface area (Å²) in [5.74, 6) is 0.871. The molecule has 0 aliphatic rings. The van der Waals surface area contributed by atoms with Crippen LogP contribution in [0.2, 0.25) is 0 Å². The first-order valence-corrected chi connectivity index (χ1v) is 8.49. The second-order valence-electron chi connectivity index (χ2n) is 6.20. The van der Waals surface area contributed by atoms with Crippen molar-refractivity contribution in [3.63, 3.8) is 0 Å². The zero-order chi connectivity index (χ0) is 17.3. The summed E-state index contributed by atoms with van der Waals surface area (Å²) in [5.41, 5.74) is 2.88. The van der Waals surface area contributed by atoms with E-state index < -0.39 is 0 Å². The maximum atomic E-state index is 4.87. The van der Waals surface area contributed by atoms with Gasteiger partial charge in [0.2, 0.25) is 5.82 Å². The third-order valence-corrected chi connectivity index (χ3v) is 4.44. The lowest BCUT2D eigenvalue weighted by Gasteiger charge is -2.03. The van der Waals surface area contributed by atoms with Crippen LogP contribution >= 0.6 is 0 Å². The van der Waals surface area contributed by atoms with Gasteiger partial charge in [-0.05, 0) is 24.3 Å². The Morgan fingerprint density at radius 3 is 2.54 bits per heavy atom. The molecule has 0 aliphatic heterocycles. The van der Waals surface area contributed by atoms with Crippen LogP contribution < -0.4 is 4.57 Å². The first kappa shape index (κ1) is 14.7. The molecule has 1 aromatic carbocycles. The number of imidazole rings is 1. The van der Waals surface area contributed by atoms with Crippen LogP contribution in [0, 0.1) is 0 Å². The molecule has 5 heteroatoms. The maximum Gasteiger partial charge on any atom is 0.250 e. The van der Waals surface area contributed by atoms with Crippen LogP contribution in [0.3, 0.4) is 0 Å². The Kier molecular flexibility index (Phi) is 3.42. The van der Waals surface area contributed by atoms with E-state index in [4.69, 9.17) is 4.98 Å². The van der Waals surface area contributed by atoms with Gasteiger partial charge >= 0.3 is 0 Å². The number of rotatable bonds is 3. The molecule has 0 saturated heterocycles. The quantitative estimate of drug-likeness (QED) is 0.375. The fourth-order valence-corrected chi connectivity index (χ4v) is 3.16. The highest BCUT2D eigenvalue weighted by Crippen LogP contribution is 2.22. The zero-order valence-electron chi connectivity index (χ0n) is 14.0. The third-order valence-electron chi connectivity index (χ3n) is 4.44. The van der Waals surface area contributed by atoms with Gasteiger partial charge in [-0.2, -0.15) is 4.57 Å². The van der Waals surface area contributed by atoms with Crippen molar-refractivity contribution in [2.45, 2.75) is 6.54 Å². The molecule has 26 heavy (non-hydrogen) atoms. The maximum absolute atomic E-state index is 4.87. The summed E-state index contributed by atoms with van der Waals surface area (Å²) in [6, 6.07) is 18.3. The number of pyridine rings is 3. The van der Waals surface area contributed by atoms with E-state index in [1.807, 2.05) is 66.0 Å². The monoisotopic (exact) mass is 338 g/mol. The first-order chi connectivity index (χ1) is 12.9. The van der Waals surface area contributed by atoms with E-state index >= 15 is 0 Å². The minimum Gasteiger partial charge on any atom is -0.257 e. The molecule has 0 amide bonds. The summed E-state index contributed by atoms with van der Waals surface area (Å²) >= 11 is 0. The molecule has 0 unspecified atom stereocenters. The number of nitrogens with zero attached hydrogens (tertiary/aromatic N) is 5. The van der Waals surface area contributed by atoms with Gasteiger partial charge in [0.15, 0.2) is 0 Å². The number of hydrogen-bond donors (Lipinski definition) is 0. The van der Waals surface area contributed by atoms with Gasteiger partial charge in [-0.3, -0.25) is 9.97 Å². The summed E-state index contributed by atoms with van der Waals surface area (Å²) < 4.78 is 4.11. The highest BCUT2D eigenvalue weighted by Gasteiger charge is 2.11. The highest BCUT2D eigenvalue weighted by atomic mass is 15.2. The van der Waals surface area contributed by atoms with Crippen molar-refractivity contribution < 1.29 is 4.57 Å². The highest BCUT2D eigenvalue weighted by molar-refractivity contribution is 6.02. The van der Waals surface area contributed by atoms with Gasteiger partial charge in [0, 0.05) is 29.2 Å². The Bertz CT molecular complexity index is 1210. The molecule has 5 rings (SSSR count). The fourth-order valence-electron chi connectivity index (χ4n) is 3.16. The molecule has 5 aromatic rings. The summed E-state index contributed by atoms with van der Waals surface area (Å²) in [5, 5.41) is 2.19. The summed E-state index contributed by atoms with van der Waals surface area (Å²) in [7, 11) is 0. The van der Waals surface area contributed by atoms with Crippen LogP contribution in [-0.2, 0) is 6.54 Å².